The number of pyridine rings is 1. The summed E-state index contributed by atoms with van der Waals surface area (Å²) in [6.07, 6.45) is 5.62. The average Bonchev–Trinajstić information content (AvgIpc) is 3.51. The van der Waals surface area contributed by atoms with E-state index in [-0.39, 0.29) is 11.2 Å². The van der Waals surface area contributed by atoms with Crippen LogP contribution < -0.4 is 15.8 Å². The molecule has 158 valence electrons. The predicted octanol–water partition coefficient (Wildman–Crippen LogP) is 3.07. The van der Waals surface area contributed by atoms with Gasteiger partial charge in [0.25, 0.3) is 12.3 Å². The van der Waals surface area contributed by atoms with Crippen LogP contribution in [0.15, 0.2) is 30.9 Å². The third kappa shape index (κ3) is 8.47. The summed E-state index contributed by atoms with van der Waals surface area (Å²) in [6.45, 7) is 6.42. The van der Waals surface area contributed by atoms with Crippen molar-refractivity contribution < 1.29 is 18.3 Å². The molecule has 0 bridgehead atoms. The number of rotatable bonds is 7. The van der Waals surface area contributed by atoms with Gasteiger partial charge < -0.3 is 15.8 Å². The van der Waals surface area contributed by atoms with Gasteiger partial charge in [-0.3, -0.25) is 9.78 Å². The van der Waals surface area contributed by atoms with Gasteiger partial charge in [-0.15, -0.1) is 0 Å². The highest BCUT2D eigenvalue weighted by Crippen LogP contribution is 2.43. The third-order valence-electron chi connectivity index (χ3n) is 3.94. The molecule has 1 amide bonds. The van der Waals surface area contributed by atoms with Crippen molar-refractivity contribution in [3.63, 3.8) is 0 Å². The van der Waals surface area contributed by atoms with Gasteiger partial charge in [0.1, 0.15) is 5.69 Å². The Labute approximate surface area is 169 Å². The normalized spacial score (nSPS) is 13.6. The first-order valence-corrected chi connectivity index (χ1v) is 9.36. The van der Waals surface area contributed by atoms with E-state index in [1.165, 1.54) is 18.6 Å². The molecule has 1 aliphatic rings. The molecule has 2 heterocycles. The van der Waals surface area contributed by atoms with Crippen molar-refractivity contribution in [1.29, 1.82) is 0 Å². The molecule has 0 unspecified atom stereocenters. The molecule has 29 heavy (non-hydrogen) atoms. The summed E-state index contributed by atoms with van der Waals surface area (Å²) >= 11 is 0. The summed E-state index contributed by atoms with van der Waals surface area (Å²) in [7, 11) is 0. The van der Waals surface area contributed by atoms with E-state index in [9.17, 15) is 13.6 Å². The summed E-state index contributed by atoms with van der Waals surface area (Å²) in [6, 6.07) is 2.03. The van der Waals surface area contributed by atoms with E-state index < -0.39 is 18.9 Å². The summed E-state index contributed by atoms with van der Waals surface area (Å²) in [5, 5.41) is 3.39. The Kier molecular flexibility index (Phi) is 7.95. The van der Waals surface area contributed by atoms with Crippen LogP contribution >= 0.6 is 0 Å². The topological polar surface area (TPSA) is 103 Å². The number of alkyl halides is 2. The van der Waals surface area contributed by atoms with Crippen molar-refractivity contribution in [2.45, 2.75) is 58.0 Å². The molecule has 2 aromatic heterocycles. The summed E-state index contributed by atoms with van der Waals surface area (Å²) in [4.78, 5) is 21.8. The van der Waals surface area contributed by atoms with Crippen molar-refractivity contribution in [1.82, 2.24) is 20.3 Å². The Morgan fingerprint density at radius 2 is 2.00 bits per heavy atom. The van der Waals surface area contributed by atoms with Gasteiger partial charge in [0.2, 0.25) is 5.88 Å². The average molecular weight is 407 g/mol. The Balaban J connectivity index is 0.000000278. The van der Waals surface area contributed by atoms with E-state index in [0.717, 1.165) is 24.0 Å². The van der Waals surface area contributed by atoms with Gasteiger partial charge in [-0.2, -0.15) is 0 Å². The van der Waals surface area contributed by atoms with Crippen molar-refractivity contribution in [3.8, 4) is 5.88 Å². The van der Waals surface area contributed by atoms with Crippen LogP contribution in [0.2, 0.25) is 0 Å². The lowest BCUT2D eigenvalue weighted by Crippen LogP contribution is -2.35. The Bertz CT molecular complexity index is 793. The minimum Gasteiger partial charge on any atom is -0.471 e. The van der Waals surface area contributed by atoms with Crippen LogP contribution in [0.25, 0.3) is 0 Å². The summed E-state index contributed by atoms with van der Waals surface area (Å²) in [5.41, 5.74) is 7.13. The lowest BCUT2D eigenvalue weighted by molar-refractivity contribution is 0.0790. The second-order valence-electron chi connectivity index (χ2n) is 7.77. The number of hydrogen-bond donors (Lipinski definition) is 2. The fourth-order valence-corrected chi connectivity index (χ4v) is 2.35. The number of halogens is 2. The summed E-state index contributed by atoms with van der Waals surface area (Å²) < 4.78 is 29.6. The Hall–Kier alpha value is -2.68. The van der Waals surface area contributed by atoms with Crippen LogP contribution in [-0.4, -0.2) is 39.4 Å². The number of ether oxygens (including phenoxy) is 1. The highest BCUT2D eigenvalue weighted by molar-refractivity contribution is 5.90. The lowest BCUT2D eigenvalue weighted by Gasteiger charge is -2.21. The molecule has 3 N–H and O–H groups in total. The highest BCUT2D eigenvalue weighted by Gasteiger charge is 2.28. The Morgan fingerprint density at radius 1 is 1.28 bits per heavy atom. The van der Waals surface area contributed by atoms with Gasteiger partial charge in [0.15, 0.2) is 6.61 Å². The molecule has 9 heteroatoms. The molecule has 1 saturated carbocycles. The number of carbonyl (C=O) groups excluding carboxylic acids is 1. The van der Waals surface area contributed by atoms with Gasteiger partial charge in [-0.25, -0.2) is 18.7 Å². The van der Waals surface area contributed by atoms with E-state index >= 15 is 0 Å². The zero-order chi connectivity index (χ0) is 21.4. The number of hydrogen-bond acceptors (Lipinski definition) is 6. The largest absolute Gasteiger partial charge is 0.471 e. The maximum absolute atomic E-state index is 12.2. The highest BCUT2D eigenvalue weighted by atomic mass is 19.3. The first-order valence-electron chi connectivity index (χ1n) is 9.36. The monoisotopic (exact) mass is 407 g/mol. The smallest absolute Gasteiger partial charge is 0.272 e. The molecule has 1 fully saturated rings. The zero-order valence-corrected chi connectivity index (χ0v) is 16.9. The number of primary amides is 1. The number of nitrogens with one attached hydrogen (secondary N) is 1. The number of nitrogens with zero attached hydrogens (tertiary/aromatic N) is 3. The molecular weight excluding hydrogens is 380 g/mol. The maximum Gasteiger partial charge on any atom is 0.272 e. The second-order valence-corrected chi connectivity index (χ2v) is 7.77. The molecule has 0 atom stereocenters. The summed E-state index contributed by atoms with van der Waals surface area (Å²) in [5.74, 6) is 0.236. The van der Waals surface area contributed by atoms with Crippen molar-refractivity contribution in [2.24, 2.45) is 5.73 Å². The molecule has 0 radical (unpaired) electrons. The number of aromatic nitrogens is 3. The molecule has 2 aromatic rings. The zero-order valence-electron chi connectivity index (χ0n) is 16.9. The Morgan fingerprint density at radius 3 is 2.48 bits per heavy atom. The van der Waals surface area contributed by atoms with Crippen molar-refractivity contribution >= 4 is 5.91 Å². The molecule has 1 aliphatic carbocycles. The fourth-order valence-electron chi connectivity index (χ4n) is 2.35. The van der Waals surface area contributed by atoms with E-state index in [4.69, 9.17) is 10.5 Å². The minimum absolute atomic E-state index is 0.0323. The van der Waals surface area contributed by atoms with E-state index in [1.807, 2.05) is 6.07 Å². The molecule has 0 aliphatic heterocycles. The van der Waals surface area contributed by atoms with Crippen LogP contribution in [-0.2, 0) is 6.54 Å². The van der Waals surface area contributed by atoms with Gasteiger partial charge in [0.05, 0.1) is 6.20 Å². The predicted molar refractivity (Wildman–Crippen MR) is 105 cm³/mol. The van der Waals surface area contributed by atoms with Crippen LogP contribution in [0.3, 0.4) is 0 Å². The third-order valence-corrected chi connectivity index (χ3v) is 3.94. The standard InChI is InChI=1S/C15H22F2N2O.C5H5N3O/c1-15(2,3)19-8-10-6-12(11-4-5-11)14(18-7-10)20-9-13(16)17;6-5(9)4-3-7-1-2-8-4/h6-7,11,13,19H,4-5,8-9H2,1-3H3;1-3H,(H2,6,9). The molecular formula is C20H27F2N5O2. The van der Waals surface area contributed by atoms with Crippen LogP contribution in [0.1, 0.15) is 61.1 Å². The fraction of sp³-hybridized carbons (Fsp3) is 0.500. The quantitative estimate of drug-likeness (QED) is 0.731. The number of amides is 1. The number of nitrogens with two attached hydrogens (primary N) is 1. The van der Waals surface area contributed by atoms with Gasteiger partial charge in [-0.1, -0.05) is 0 Å². The van der Waals surface area contributed by atoms with Gasteiger partial charge >= 0.3 is 0 Å². The van der Waals surface area contributed by atoms with Gasteiger partial charge in [-0.05, 0) is 51.2 Å². The number of carbonyl (C=O) groups is 1. The lowest BCUT2D eigenvalue weighted by atomic mass is 10.1. The van der Waals surface area contributed by atoms with E-state index in [2.05, 4.69) is 41.0 Å². The molecule has 3 rings (SSSR count). The van der Waals surface area contributed by atoms with Crippen LogP contribution in [0.5, 0.6) is 5.88 Å². The second kappa shape index (κ2) is 10.2. The first kappa shape index (κ1) is 22.6. The van der Waals surface area contributed by atoms with Crippen molar-refractivity contribution in [2.75, 3.05) is 6.61 Å². The van der Waals surface area contributed by atoms with E-state index in [1.54, 1.807) is 6.20 Å². The maximum atomic E-state index is 12.2. The first-order chi connectivity index (χ1) is 13.7. The molecule has 0 aromatic carbocycles. The minimum atomic E-state index is -2.47. The van der Waals surface area contributed by atoms with Crippen LogP contribution in [0, 0.1) is 0 Å². The molecule has 7 nitrogen and oxygen atoms in total. The van der Waals surface area contributed by atoms with Crippen molar-refractivity contribution in [3.05, 3.63) is 47.7 Å². The van der Waals surface area contributed by atoms with E-state index in [0.29, 0.717) is 18.3 Å². The SMILES string of the molecule is CC(C)(C)NCc1cnc(OCC(F)F)c(C2CC2)c1.NC(=O)c1cnccn1. The van der Waals surface area contributed by atoms with Crippen LogP contribution in [0.4, 0.5) is 8.78 Å². The molecule has 0 saturated heterocycles. The molecule has 0 spiro atoms. The van der Waals surface area contributed by atoms with Gasteiger partial charge in [0, 0.05) is 36.2 Å².